The van der Waals surface area contributed by atoms with Crippen molar-refractivity contribution in [1.82, 2.24) is 5.32 Å². The van der Waals surface area contributed by atoms with E-state index in [4.69, 9.17) is 10.5 Å². The lowest BCUT2D eigenvalue weighted by Crippen LogP contribution is -2.46. The first-order valence-electron chi connectivity index (χ1n) is 7.44. The Bertz CT molecular complexity index is 475. The molecule has 5 nitrogen and oxygen atoms in total. The molecular formula is C16H24N2O3. The second-order valence-electron chi connectivity index (χ2n) is 6.06. The predicted molar refractivity (Wildman–Crippen MR) is 81.9 cm³/mol. The third-order valence-corrected chi connectivity index (χ3v) is 3.93. The molecule has 1 aromatic rings. The monoisotopic (exact) mass is 292 g/mol. The van der Waals surface area contributed by atoms with Gasteiger partial charge in [0.15, 0.2) is 6.61 Å². The summed E-state index contributed by atoms with van der Waals surface area (Å²) in [5.41, 5.74) is 5.46. The minimum absolute atomic E-state index is 0.0600. The number of carbonyl (C=O) groups is 1. The molecule has 1 amide bonds. The fraction of sp³-hybridized carbons (Fsp3) is 0.562. The highest BCUT2D eigenvalue weighted by Gasteiger charge is 2.32. The Hall–Kier alpha value is -1.75. The van der Waals surface area contributed by atoms with Crippen LogP contribution in [0, 0.1) is 5.92 Å². The quantitative estimate of drug-likeness (QED) is 0.721. The topological polar surface area (TPSA) is 84.6 Å². The van der Waals surface area contributed by atoms with Crippen molar-refractivity contribution in [3.63, 3.8) is 0 Å². The Morgan fingerprint density at radius 1 is 1.48 bits per heavy atom. The van der Waals surface area contributed by atoms with E-state index in [0.717, 1.165) is 25.7 Å². The lowest BCUT2D eigenvalue weighted by atomic mass is 9.79. The van der Waals surface area contributed by atoms with Gasteiger partial charge in [-0.05, 0) is 43.0 Å². The van der Waals surface area contributed by atoms with Crippen LogP contribution in [-0.4, -0.2) is 29.8 Å². The van der Waals surface area contributed by atoms with E-state index in [1.807, 2.05) is 0 Å². The molecule has 4 N–H and O–H groups in total. The second kappa shape index (κ2) is 6.80. The summed E-state index contributed by atoms with van der Waals surface area (Å²) in [6, 6.07) is 6.89. The summed E-state index contributed by atoms with van der Waals surface area (Å²) in [7, 11) is 0. The van der Waals surface area contributed by atoms with Crippen LogP contribution in [0.25, 0.3) is 0 Å². The van der Waals surface area contributed by atoms with Gasteiger partial charge in [0.05, 0.1) is 5.60 Å². The normalized spacial score (nSPS) is 25.3. The number of hydrogen-bond acceptors (Lipinski definition) is 4. The summed E-state index contributed by atoms with van der Waals surface area (Å²) in [4.78, 5) is 11.8. The average Bonchev–Trinajstić information content (AvgIpc) is 2.44. The van der Waals surface area contributed by atoms with E-state index in [1.165, 1.54) is 0 Å². The molecule has 21 heavy (non-hydrogen) atoms. The van der Waals surface area contributed by atoms with E-state index < -0.39 is 5.60 Å². The number of amides is 1. The molecule has 0 aromatic heterocycles. The third kappa shape index (κ3) is 4.93. The van der Waals surface area contributed by atoms with Gasteiger partial charge in [0.1, 0.15) is 5.75 Å². The average molecular weight is 292 g/mol. The Labute approximate surface area is 125 Å². The first-order valence-corrected chi connectivity index (χ1v) is 7.44. The predicted octanol–water partition coefficient (Wildman–Crippen LogP) is 1.70. The van der Waals surface area contributed by atoms with Crippen molar-refractivity contribution in [2.45, 2.75) is 38.2 Å². The smallest absolute Gasteiger partial charge is 0.258 e. The molecule has 0 radical (unpaired) electrons. The minimum atomic E-state index is -0.769. The fourth-order valence-electron chi connectivity index (χ4n) is 2.82. The van der Waals surface area contributed by atoms with Gasteiger partial charge in [-0.2, -0.15) is 0 Å². The number of rotatable bonds is 5. The van der Waals surface area contributed by atoms with Crippen LogP contribution in [-0.2, 0) is 4.79 Å². The molecule has 1 aliphatic carbocycles. The molecule has 1 fully saturated rings. The maximum atomic E-state index is 11.8. The van der Waals surface area contributed by atoms with Crippen molar-refractivity contribution in [3.05, 3.63) is 24.3 Å². The summed E-state index contributed by atoms with van der Waals surface area (Å²) in [6.07, 6.45) is 3.65. The lowest BCUT2D eigenvalue weighted by molar-refractivity contribution is -0.125. The number of carbonyl (C=O) groups excluding carboxylic acids is 1. The van der Waals surface area contributed by atoms with Crippen molar-refractivity contribution < 1.29 is 14.6 Å². The van der Waals surface area contributed by atoms with E-state index in [9.17, 15) is 9.90 Å². The van der Waals surface area contributed by atoms with E-state index in [0.29, 0.717) is 23.9 Å². The molecule has 2 rings (SSSR count). The summed E-state index contributed by atoms with van der Waals surface area (Å²) in [5, 5.41) is 13.2. The highest BCUT2D eigenvalue weighted by molar-refractivity contribution is 5.77. The van der Waals surface area contributed by atoms with Gasteiger partial charge in [0.25, 0.3) is 5.91 Å². The molecular weight excluding hydrogens is 268 g/mol. The molecule has 1 saturated carbocycles. The van der Waals surface area contributed by atoms with E-state index in [1.54, 1.807) is 24.3 Å². The zero-order chi connectivity index (χ0) is 15.3. The van der Waals surface area contributed by atoms with Gasteiger partial charge in [-0.15, -0.1) is 0 Å². The number of benzene rings is 1. The van der Waals surface area contributed by atoms with Crippen molar-refractivity contribution in [2.75, 3.05) is 18.9 Å². The molecule has 116 valence electrons. The Balaban J connectivity index is 1.73. The molecule has 0 heterocycles. The zero-order valence-corrected chi connectivity index (χ0v) is 12.5. The SMILES string of the molecule is CC1CCCC(O)(CNC(=O)COc2ccc(N)cc2)C1. The number of ether oxygens (including phenoxy) is 1. The largest absolute Gasteiger partial charge is 0.484 e. The molecule has 0 bridgehead atoms. The third-order valence-electron chi connectivity index (χ3n) is 3.93. The van der Waals surface area contributed by atoms with Crippen LogP contribution in [0.2, 0.25) is 0 Å². The number of nitrogens with one attached hydrogen (secondary N) is 1. The number of nitrogen functional groups attached to an aromatic ring is 1. The summed E-state index contributed by atoms with van der Waals surface area (Å²) in [5.74, 6) is 0.884. The Morgan fingerprint density at radius 3 is 2.86 bits per heavy atom. The summed E-state index contributed by atoms with van der Waals surface area (Å²) >= 11 is 0. The number of anilines is 1. The van der Waals surface area contributed by atoms with Crippen LogP contribution in [0.5, 0.6) is 5.75 Å². The first-order chi connectivity index (χ1) is 9.97. The highest BCUT2D eigenvalue weighted by atomic mass is 16.5. The highest BCUT2D eigenvalue weighted by Crippen LogP contribution is 2.31. The van der Waals surface area contributed by atoms with Crippen molar-refractivity contribution in [3.8, 4) is 5.75 Å². The van der Waals surface area contributed by atoms with Crippen LogP contribution in [0.1, 0.15) is 32.6 Å². The Morgan fingerprint density at radius 2 is 2.19 bits per heavy atom. The molecule has 2 unspecified atom stereocenters. The maximum absolute atomic E-state index is 11.8. The fourth-order valence-corrected chi connectivity index (χ4v) is 2.82. The Kier molecular flexibility index (Phi) is 5.07. The van der Waals surface area contributed by atoms with Crippen molar-refractivity contribution in [1.29, 1.82) is 0 Å². The zero-order valence-electron chi connectivity index (χ0n) is 12.5. The van der Waals surface area contributed by atoms with Crippen LogP contribution in [0.3, 0.4) is 0 Å². The van der Waals surface area contributed by atoms with Crippen LogP contribution in [0.15, 0.2) is 24.3 Å². The number of hydrogen-bond donors (Lipinski definition) is 3. The molecule has 0 aliphatic heterocycles. The summed E-state index contributed by atoms with van der Waals surface area (Å²) in [6.45, 7) is 2.37. The van der Waals surface area contributed by atoms with Gasteiger partial charge >= 0.3 is 0 Å². The van der Waals surface area contributed by atoms with Crippen LogP contribution < -0.4 is 15.8 Å². The lowest BCUT2D eigenvalue weighted by Gasteiger charge is -2.35. The van der Waals surface area contributed by atoms with E-state index in [2.05, 4.69) is 12.2 Å². The molecule has 2 atom stereocenters. The molecule has 0 saturated heterocycles. The van der Waals surface area contributed by atoms with Gasteiger partial charge in [-0.1, -0.05) is 19.8 Å². The number of nitrogens with two attached hydrogens (primary N) is 1. The van der Waals surface area contributed by atoms with Crippen molar-refractivity contribution in [2.24, 2.45) is 5.92 Å². The molecule has 0 spiro atoms. The van der Waals surface area contributed by atoms with Gasteiger partial charge in [-0.25, -0.2) is 0 Å². The van der Waals surface area contributed by atoms with Crippen LogP contribution >= 0.6 is 0 Å². The molecule has 1 aliphatic rings. The minimum Gasteiger partial charge on any atom is -0.484 e. The first kappa shape index (κ1) is 15.6. The van der Waals surface area contributed by atoms with Gasteiger partial charge in [-0.3, -0.25) is 4.79 Å². The number of aliphatic hydroxyl groups is 1. The standard InChI is InChI=1S/C16H24N2O3/c1-12-3-2-8-16(20,9-12)11-18-15(19)10-21-14-6-4-13(17)5-7-14/h4-7,12,20H,2-3,8-11,17H2,1H3,(H,18,19). The maximum Gasteiger partial charge on any atom is 0.258 e. The molecule has 1 aromatic carbocycles. The van der Waals surface area contributed by atoms with Gasteiger partial charge in [0.2, 0.25) is 0 Å². The van der Waals surface area contributed by atoms with E-state index in [-0.39, 0.29) is 12.5 Å². The van der Waals surface area contributed by atoms with Gasteiger partial charge < -0.3 is 20.9 Å². The van der Waals surface area contributed by atoms with Crippen molar-refractivity contribution >= 4 is 11.6 Å². The second-order valence-corrected chi connectivity index (χ2v) is 6.06. The molecule has 5 heteroatoms. The van der Waals surface area contributed by atoms with E-state index >= 15 is 0 Å². The summed E-state index contributed by atoms with van der Waals surface area (Å²) < 4.78 is 5.37. The van der Waals surface area contributed by atoms with Gasteiger partial charge in [0, 0.05) is 12.2 Å². The van der Waals surface area contributed by atoms with Crippen LogP contribution in [0.4, 0.5) is 5.69 Å².